The van der Waals surface area contributed by atoms with Crippen molar-refractivity contribution in [2.75, 3.05) is 26.8 Å². The molecule has 1 aromatic carbocycles. The molecule has 0 amide bonds. The molecule has 0 aliphatic heterocycles. The van der Waals surface area contributed by atoms with Crippen LogP contribution in [0.25, 0.3) is 0 Å². The van der Waals surface area contributed by atoms with Crippen LogP contribution < -0.4 is 15.8 Å². The van der Waals surface area contributed by atoms with Crippen LogP contribution in [0.4, 0.5) is 0 Å². The maximum absolute atomic E-state index is 8.91. The van der Waals surface area contributed by atoms with E-state index in [9.17, 15) is 0 Å². The van der Waals surface area contributed by atoms with E-state index >= 15 is 0 Å². The molecule has 1 unspecified atom stereocenters. The molecule has 1 rings (SSSR count). The molecule has 0 saturated carbocycles. The summed E-state index contributed by atoms with van der Waals surface area (Å²) in [5.74, 6) is 0.906. The molecule has 4 N–H and O–H groups in total. The van der Waals surface area contributed by atoms with Crippen LogP contribution >= 0.6 is 0 Å². The Kier molecular flexibility index (Phi) is 5.79. The van der Waals surface area contributed by atoms with Crippen molar-refractivity contribution in [3.63, 3.8) is 0 Å². The summed E-state index contributed by atoms with van der Waals surface area (Å²) in [6.45, 7) is 7.80. The number of hydrogen-bond donors (Lipinski definition) is 3. The number of aliphatic hydroxyl groups is 1. The number of hydrogen-bond acceptors (Lipinski definition) is 4. The quantitative estimate of drug-likeness (QED) is 0.693. The summed E-state index contributed by atoms with van der Waals surface area (Å²) in [5, 5.41) is 12.2. The monoisotopic (exact) mass is 266 g/mol. The second kappa shape index (κ2) is 6.89. The predicted molar refractivity (Wildman–Crippen MR) is 78.7 cm³/mol. The molecule has 1 aromatic rings. The summed E-state index contributed by atoms with van der Waals surface area (Å²) in [7, 11) is 1.69. The van der Waals surface area contributed by atoms with Crippen molar-refractivity contribution in [2.45, 2.75) is 32.2 Å². The minimum Gasteiger partial charge on any atom is -0.496 e. The Balaban J connectivity index is 2.78. The standard InChI is InChI=1S/C15H26N2O2/c1-11-5-6-14(19-4)13(7-11)15(2,3)10-17-8-12(16)9-18/h5-7,12,17-18H,8-10,16H2,1-4H3. The summed E-state index contributed by atoms with van der Waals surface area (Å²) in [5.41, 5.74) is 8.02. The van der Waals surface area contributed by atoms with Gasteiger partial charge in [0, 0.05) is 30.1 Å². The van der Waals surface area contributed by atoms with Gasteiger partial charge in [0.25, 0.3) is 0 Å². The third-order valence-corrected chi connectivity index (χ3v) is 3.29. The zero-order valence-electron chi connectivity index (χ0n) is 12.4. The Morgan fingerprint density at radius 1 is 1.42 bits per heavy atom. The van der Waals surface area contributed by atoms with E-state index in [0.29, 0.717) is 6.54 Å². The lowest BCUT2D eigenvalue weighted by molar-refractivity contribution is 0.260. The SMILES string of the molecule is COc1ccc(C)cc1C(C)(C)CNCC(N)CO. The first kappa shape index (κ1) is 16.0. The van der Waals surface area contributed by atoms with Gasteiger partial charge in [-0.1, -0.05) is 31.5 Å². The molecule has 0 aliphatic rings. The van der Waals surface area contributed by atoms with Crippen LogP contribution in [0.5, 0.6) is 5.75 Å². The second-order valence-corrected chi connectivity index (χ2v) is 5.66. The van der Waals surface area contributed by atoms with E-state index in [1.54, 1.807) is 7.11 Å². The van der Waals surface area contributed by atoms with E-state index in [-0.39, 0.29) is 18.1 Å². The summed E-state index contributed by atoms with van der Waals surface area (Å²) < 4.78 is 5.44. The number of ether oxygens (including phenoxy) is 1. The zero-order valence-corrected chi connectivity index (χ0v) is 12.4. The third kappa shape index (κ3) is 4.49. The molecule has 108 valence electrons. The Labute approximate surface area is 116 Å². The number of benzene rings is 1. The van der Waals surface area contributed by atoms with Crippen molar-refractivity contribution < 1.29 is 9.84 Å². The smallest absolute Gasteiger partial charge is 0.122 e. The van der Waals surface area contributed by atoms with Crippen molar-refractivity contribution in [2.24, 2.45) is 5.73 Å². The Hall–Kier alpha value is -1.10. The second-order valence-electron chi connectivity index (χ2n) is 5.66. The van der Waals surface area contributed by atoms with Crippen LogP contribution in [-0.4, -0.2) is 38.0 Å². The highest BCUT2D eigenvalue weighted by molar-refractivity contribution is 5.41. The topological polar surface area (TPSA) is 67.5 Å². The van der Waals surface area contributed by atoms with Gasteiger partial charge in [-0.3, -0.25) is 0 Å². The average Bonchev–Trinajstić information content (AvgIpc) is 2.38. The molecule has 1 atom stereocenters. The molecule has 0 saturated heterocycles. The fourth-order valence-electron chi connectivity index (χ4n) is 2.08. The van der Waals surface area contributed by atoms with E-state index in [1.807, 2.05) is 12.1 Å². The van der Waals surface area contributed by atoms with Crippen molar-refractivity contribution in [1.82, 2.24) is 5.32 Å². The maximum atomic E-state index is 8.91. The summed E-state index contributed by atoms with van der Waals surface area (Å²) in [6, 6.07) is 6.00. The highest BCUT2D eigenvalue weighted by atomic mass is 16.5. The molecule has 4 nitrogen and oxygen atoms in total. The molecule has 19 heavy (non-hydrogen) atoms. The Bertz CT molecular complexity index is 405. The molecule has 4 heteroatoms. The van der Waals surface area contributed by atoms with Crippen LogP contribution in [0.15, 0.2) is 18.2 Å². The van der Waals surface area contributed by atoms with E-state index in [4.69, 9.17) is 15.6 Å². The van der Waals surface area contributed by atoms with Gasteiger partial charge in [0.15, 0.2) is 0 Å². The molecule has 0 heterocycles. The molecule has 0 spiro atoms. The van der Waals surface area contributed by atoms with Crippen LogP contribution in [0.2, 0.25) is 0 Å². The highest BCUT2D eigenvalue weighted by Crippen LogP contribution is 2.31. The van der Waals surface area contributed by atoms with Gasteiger partial charge < -0.3 is 20.9 Å². The molecular formula is C15H26N2O2. The van der Waals surface area contributed by atoms with E-state index in [1.165, 1.54) is 11.1 Å². The first-order valence-corrected chi connectivity index (χ1v) is 6.63. The lowest BCUT2D eigenvalue weighted by Gasteiger charge is -2.28. The van der Waals surface area contributed by atoms with Crippen LogP contribution in [0.3, 0.4) is 0 Å². The van der Waals surface area contributed by atoms with Gasteiger partial charge in [-0.05, 0) is 13.0 Å². The minimum absolute atomic E-state index is 0.00119. The van der Waals surface area contributed by atoms with Crippen LogP contribution in [-0.2, 0) is 5.41 Å². The highest BCUT2D eigenvalue weighted by Gasteiger charge is 2.24. The van der Waals surface area contributed by atoms with Gasteiger partial charge in [0.05, 0.1) is 13.7 Å². The molecule has 0 aromatic heterocycles. The molecule has 0 radical (unpaired) electrons. The number of aliphatic hydroxyl groups excluding tert-OH is 1. The number of aryl methyl sites for hydroxylation is 1. The zero-order chi connectivity index (χ0) is 14.5. The molecule has 0 aliphatic carbocycles. The van der Waals surface area contributed by atoms with Gasteiger partial charge in [-0.15, -0.1) is 0 Å². The fraction of sp³-hybridized carbons (Fsp3) is 0.600. The number of rotatable bonds is 7. The molecule has 0 fully saturated rings. The minimum atomic E-state index is -0.213. The molecular weight excluding hydrogens is 240 g/mol. The van der Waals surface area contributed by atoms with Crippen molar-refractivity contribution >= 4 is 0 Å². The average molecular weight is 266 g/mol. The first-order chi connectivity index (χ1) is 8.90. The maximum Gasteiger partial charge on any atom is 0.122 e. The Morgan fingerprint density at radius 3 is 2.68 bits per heavy atom. The summed E-state index contributed by atoms with van der Waals surface area (Å²) >= 11 is 0. The molecule has 0 bridgehead atoms. The van der Waals surface area contributed by atoms with E-state index in [2.05, 4.69) is 32.2 Å². The van der Waals surface area contributed by atoms with Crippen molar-refractivity contribution in [3.8, 4) is 5.75 Å². The largest absolute Gasteiger partial charge is 0.496 e. The third-order valence-electron chi connectivity index (χ3n) is 3.29. The first-order valence-electron chi connectivity index (χ1n) is 6.63. The predicted octanol–water partition coefficient (Wildman–Crippen LogP) is 1.19. The van der Waals surface area contributed by atoms with Crippen LogP contribution in [0.1, 0.15) is 25.0 Å². The van der Waals surface area contributed by atoms with E-state index < -0.39 is 0 Å². The number of methoxy groups -OCH3 is 1. The van der Waals surface area contributed by atoms with Crippen molar-refractivity contribution in [3.05, 3.63) is 29.3 Å². The Morgan fingerprint density at radius 2 is 2.11 bits per heavy atom. The lowest BCUT2D eigenvalue weighted by Crippen LogP contribution is -2.41. The van der Waals surface area contributed by atoms with Gasteiger partial charge in [-0.25, -0.2) is 0 Å². The van der Waals surface area contributed by atoms with Gasteiger partial charge in [0.1, 0.15) is 5.75 Å². The normalized spacial score (nSPS) is 13.4. The van der Waals surface area contributed by atoms with Gasteiger partial charge >= 0.3 is 0 Å². The summed E-state index contributed by atoms with van der Waals surface area (Å²) in [6.07, 6.45) is 0. The van der Waals surface area contributed by atoms with Crippen LogP contribution in [0, 0.1) is 6.92 Å². The fourth-order valence-corrected chi connectivity index (χ4v) is 2.08. The number of nitrogens with two attached hydrogens (primary N) is 1. The number of nitrogens with one attached hydrogen (secondary N) is 1. The van der Waals surface area contributed by atoms with Gasteiger partial charge in [0.2, 0.25) is 0 Å². The van der Waals surface area contributed by atoms with Gasteiger partial charge in [-0.2, -0.15) is 0 Å². The van der Waals surface area contributed by atoms with E-state index in [0.717, 1.165) is 12.3 Å². The summed E-state index contributed by atoms with van der Waals surface area (Å²) in [4.78, 5) is 0. The van der Waals surface area contributed by atoms with Crippen molar-refractivity contribution in [1.29, 1.82) is 0 Å². The lowest BCUT2D eigenvalue weighted by atomic mass is 9.83.